The highest BCUT2D eigenvalue weighted by Gasteiger charge is 1.85. The van der Waals surface area contributed by atoms with Crippen molar-refractivity contribution < 1.29 is 5.21 Å². The third kappa shape index (κ3) is 4.21. The van der Waals surface area contributed by atoms with Crippen LogP contribution >= 0.6 is 11.8 Å². The van der Waals surface area contributed by atoms with Crippen LogP contribution in [0.3, 0.4) is 0 Å². The topological polar surface area (TPSA) is 23.5 Å². The fraction of sp³-hybridized carbons (Fsp3) is 1.00. The van der Waals surface area contributed by atoms with Crippen molar-refractivity contribution in [1.82, 2.24) is 4.58 Å². The highest BCUT2D eigenvalue weighted by atomic mass is 35.5. The van der Waals surface area contributed by atoms with Crippen molar-refractivity contribution in [3.8, 4) is 0 Å². The molecule has 1 N–H and O–H groups in total. The summed E-state index contributed by atoms with van der Waals surface area (Å²) in [4.78, 5) is 0. The molecule has 0 amide bonds. The predicted molar refractivity (Wildman–Crippen MR) is 24.6 cm³/mol. The van der Waals surface area contributed by atoms with Crippen molar-refractivity contribution in [2.75, 3.05) is 6.54 Å². The van der Waals surface area contributed by atoms with Crippen molar-refractivity contribution in [3.63, 3.8) is 0 Å². The van der Waals surface area contributed by atoms with E-state index in [4.69, 9.17) is 17.0 Å². The second-order valence-corrected chi connectivity index (χ2v) is 1.45. The maximum atomic E-state index is 8.15. The van der Waals surface area contributed by atoms with Gasteiger partial charge in [-0.1, -0.05) is 6.92 Å². The van der Waals surface area contributed by atoms with Crippen LogP contribution in [0.2, 0.25) is 0 Å². The summed E-state index contributed by atoms with van der Waals surface area (Å²) in [5, 5.41) is 8.15. The lowest BCUT2D eigenvalue weighted by molar-refractivity contribution is 0.00610. The van der Waals surface area contributed by atoms with Crippen LogP contribution in [-0.4, -0.2) is 16.3 Å². The van der Waals surface area contributed by atoms with Gasteiger partial charge in [0.05, 0.1) is 0 Å². The van der Waals surface area contributed by atoms with Crippen molar-refractivity contribution in [1.29, 1.82) is 0 Å². The van der Waals surface area contributed by atoms with Crippen LogP contribution in [0.5, 0.6) is 0 Å². The van der Waals surface area contributed by atoms with Crippen LogP contribution in [-0.2, 0) is 0 Å². The minimum Gasteiger partial charge on any atom is -0.299 e. The molecule has 0 aromatic heterocycles. The quantitative estimate of drug-likeness (QED) is 0.426. The van der Waals surface area contributed by atoms with Gasteiger partial charge in [0.15, 0.2) is 0 Å². The molecule has 0 unspecified atom stereocenters. The number of halogens is 1. The summed E-state index contributed by atoms with van der Waals surface area (Å²) >= 11 is 4.97. The lowest BCUT2D eigenvalue weighted by Crippen LogP contribution is -2.04. The zero-order valence-corrected chi connectivity index (χ0v) is 4.44. The fourth-order valence-electron chi connectivity index (χ4n) is 0.185. The van der Waals surface area contributed by atoms with E-state index in [1.807, 2.05) is 6.92 Å². The second-order valence-electron chi connectivity index (χ2n) is 1.06. The summed E-state index contributed by atoms with van der Waals surface area (Å²) < 4.78 is 0.653. The van der Waals surface area contributed by atoms with E-state index in [0.29, 0.717) is 11.1 Å². The highest BCUT2D eigenvalue weighted by molar-refractivity contribution is 6.12. The SMILES string of the molecule is CCCN(O)Cl. The van der Waals surface area contributed by atoms with Crippen molar-refractivity contribution in [3.05, 3.63) is 0 Å². The monoisotopic (exact) mass is 109 g/mol. The Morgan fingerprint density at radius 3 is 2.33 bits per heavy atom. The van der Waals surface area contributed by atoms with Crippen LogP contribution in [0, 0.1) is 0 Å². The summed E-state index contributed by atoms with van der Waals surface area (Å²) in [6.07, 6.45) is 0.875. The molecule has 0 saturated carbocycles. The first-order chi connectivity index (χ1) is 2.77. The maximum absolute atomic E-state index is 8.15. The lowest BCUT2D eigenvalue weighted by Gasteiger charge is -1.97. The molecule has 0 spiro atoms. The van der Waals surface area contributed by atoms with E-state index in [2.05, 4.69) is 0 Å². The third-order valence-corrected chi connectivity index (χ3v) is 0.577. The van der Waals surface area contributed by atoms with Gasteiger partial charge in [0.1, 0.15) is 0 Å². The van der Waals surface area contributed by atoms with E-state index in [9.17, 15) is 0 Å². The van der Waals surface area contributed by atoms with Gasteiger partial charge < -0.3 is 0 Å². The first-order valence-electron chi connectivity index (χ1n) is 1.89. The summed E-state index contributed by atoms with van der Waals surface area (Å²) in [5.41, 5.74) is 0. The van der Waals surface area contributed by atoms with Crippen molar-refractivity contribution >= 4 is 11.8 Å². The van der Waals surface area contributed by atoms with Gasteiger partial charge in [-0.15, -0.1) is 4.58 Å². The van der Waals surface area contributed by atoms with E-state index in [0.717, 1.165) is 6.42 Å². The van der Waals surface area contributed by atoms with Gasteiger partial charge in [0.2, 0.25) is 0 Å². The fourth-order valence-corrected chi connectivity index (χ4v) is 0.354. The lowest BCUT2D eigenvalue weighted by atomic mass is 10.5. The Balaban J connectivity index is 2.63. The average Bonchev–Trinajstić information content (AvgIpc) is 1.35. The molecular weight excluding hydrogens is 101 g/mol. The van der Waals surface area contributed by atoms with E-state index >= 15 is 0 Å². The van der Waals surface area contributed by atoms with Gasteiger partial charge in [-0.05, 0) is 6.42 Å². The average molecular weight is 110 g/mol. The van der Waals surface area contributed by atoms with Crippen molar-refractivity contribution in [2.24, 2.45) is 0 Å². The molecule has 38 valence electrons. The largest absolute Gasteiger partial charge is 0.299 e. The van der Waals surface area contributed by atoms with E-state index in [1.54, 1.807) is 0 Å². The van der Waals surface area contributed by atoms with Gasteiger partial charge in [0, 0.05) is 18.3 Å². The van der Waals surface area contributed by atoms with Crippen molar-refractivity contribution in [2.45, 2.75) is 13.3 Å². The minimum atomic E-state index is 0.529. The Bertz CT molecular complexity index is 32.0. The number of hydroxylamine groups is 1. The van der Waals surface area contributed by atoms with Gasteiger partial charge in [-0.25, -0.2) is 0 Å². The zero-order chi connectivity index (χ0) is 4.99. The highest BCUT2D eigenvalue weighted by Crippen LogP contribution is 1.86. The number of hydrogen-bond acceptors (Lipinski definition) is 2. The smallest absolute Gasteiger partial charge is 0.0404 e. The molecule has 3 heteroatoms. The maximum Gasteiger partial charge on any atom is 0.0404 e. The molecule has 0 bridgehead atoms. The standard InChI is InChI=1S/C3H8ClNO/c1-2-3-5(4)6/h6H,2-3H2,1H3. The van der Waals surface area contributed by atoms with Crippen LogP contribution in [0.25, 0.3) is 0 Å². The second kappa shape index (κ2) is 3.40. The van der Waals surface area contributed by atoms with Crippen LogP contribution in [0.4, 0.5) is 0 Å². The van der Waals surface area contributed by atoms with Crippen LogP contribution in [0.15, 0.2) is 0 Å². The molecule has 0 fully saturated rings. The zero-order valence-electron chi connectivity index (χ0n) is 3.69. The number of rotatable bonds is 2. The molecule has 0 aliphatic heterocycles. The molecule has 0 saturated heterocycles. The Labute approximate surface area is 42.4 Å². The molecule has 0 aliphatic carbocycles. The Morgan fingerprint density at radius 1 is 1.83 bits per heavy atom. The third-order valence-electron chi connectivity index (χ3n) is 0.408. The molecule has 0 aromatic carbocycles. The molecule has 2 nitrogen and oxygen atoms in total. The van der Waals surface area contributed by atoms with Gasteiger partial charge in [0.25, 0.3) is 0 Å². The normalized spacial score (nSPS) is 10.0. The Hall–Kier alpha value is 0.210. The molecule has 0 heterocycles. The molecule has 0 radical (unpaired) electrons. The summed E-state index contributed by atoms with van der Waals surface area (Å²) in [5.74, 6) is 0. The summed E-state index contributed by atoms with van der Waals surface area (Å²) in [6, 6.07) is 0. The first kappa shape index (κ1) is 6.21. The predicted octanol–water partition coefficient (Wildman–Crippen LogP) is 1.24. The number of hydrogen-bond donors (Lipinski definition) is 1. The van der Waals surface area contributed by atoms with Crippen LogP contribution in [0.1, 0.15) is 13.3 Å². The summed E-state index contributed by atoms with van der Waals surface area (Å²) in [7, 11) is 0. The molecule has 0 rings (SSSR count). The Kier molecular flexibility index (Phi) is 3.52. The van der Waals surface area contributed by atoms with E-state index < -0.39 is 0 Å². The van der Waals surface area contributed by atoms with Gasteiger partial charge >= 0.3 is 0 Å². The number of nitrogens with zero attached hydrogens (tertiary/aromatic N) is 1. The minimum absolute atomic E-state index is 0.529. The van der Waals surface area contributed by atoms with E-state index in [1.165, 1.54) is 0 Å². The molecular formula is C3H8ClNO. The summed E-state index contributed by atoms with van der Waals surface area (Å²) in [6.45, 7) is 2.47. The molecule has 0 aliphatic rings. The first-order valence-corrected chi connectivity index (χ1v) is 2.23. The molecule has 6 heavy (non-hydrogen) atoms. The van der Waals surface area contributed by atoms with Gasteiger partial charge in [-0.3, -0.25) is 5.21 Å². The van der Waals surface area contributed by atoms with Crippen LogP contribution < -0.4 is 0 Å². The van der Waals surface area contributed by atoms with E-state index in [-0.39, 0.29) is 0 Å². The molecule has 0 atom stereocenters. The molecule has 0 aromatic rings. The van der Waals surface area contributed by atoms with Gasteiger partial charge in [-0.2, -0.15) is 0 Å². The Morgan fingerprint density at radius 2 is 2.33 bits per heavy atom.